The van der Waals surface area contributed by atoms with Gasteiger partial charge in [0.05, 0.1) is 25.6 Å². The fourth-order valence-corrected chi connectivity index (χ4v) is 4.78. The van der Waals surface area contributed by atoms with Crippen LogP contribution in [0.25, 0.3) is 11.3 Å². The van der Waals surface area contributed by atoms with E-state index in [1.807, 2.05) is 47.4 Å². The molecular weight excluding hydrogens is 470 g/mol. The second-order valence-electron chi connectivity index (χ2n) is 9.63. The van der Waals surface area contributed by atoms with Gasteiger partial charge in [-0.3, -0.25) is 9.59 Å². The van der Waals surface area contributed by atoms with Gasteiger partial charge in [0.1, 0.15) is 18.1 Å². The van der Waals surface area contributed by atoms with Crippen molar-refractivity contribution in [1.29, 1.82) is 0 Å². The summed E-state index contributed by atoms with van der Waals surface area (Å²) in [6.45, 7) is 3.08. The Bertz CT molecular complexity index is 1180. The Morgan fingerprint density at radius 2 is 1.84 bits per heavy atom. The van der Waals surface area contributed by atoms with Gasteiger partial charge in [-0.2, -0.15) is 0 Å². The Morgan fingerprint density at radius 3 is 2.49 bits per heavy atom. The van der Waals surface area contributed by atoms with Crippen molar-refractivity contribution in [1.82, 2.24) is 20.0 Å². The van der Waals surface area contributed by atoms with Gasteiger partial charge in [0.2, 0.25) is 11.8 Å². The molecule has 2 aliphatic rings. The summed E-state index contributed by atoms with van der Waals surface area (Å²) in [5.74, 6) is 2.35. The van der Waals surface area contributed by atoms with E-state index in [0.29, 0.717) is 31.9 Å². The van der Waals surface area contributed by atoms with Crippen LogP contribution in [-0.4, -0.2) is 71.6 Å². The van der Waals surface area contributed by atoms with E-state index in [1.54, 1.807) is 24.3 Å². The van der Waals surface area contributed by atoms with Gasteiger partial charge in [-0.1, -0.05) is 6.42 Å². The molecule has 2 aromatic heterocycles. The van der Waals surface area contributed by atoms with Crippen LogP contribution in [0.3, 0.4) is 0 Å². The first kappa shape index (κ1) is 24.8. The molecule has 0 radical (unpaired) electrons. The largest absolute Gasteiger partial charge is 0.497 e. The van der Waals surface area contributed by atoms with Crippen LogP contribution >= 0.6 is 0 Å². The maximum atomic E-state index is 13.3. The van der Waals surface area contributed by atoms with Crippen molar-refractivity contribution in [3.05, 3.63) is 60.6 Å². The first-order valence-corrected chi connectivity index (χ1v) is 12.9. The molecule has 0 unspecified atom stereocenters. The van der Waals surface area contributed by atoms with Crippen molar-refractivity contribution in [3.63, 3.8) is 0 Å². The highest BCUT2D eigenvalue weighted by atomic mass is 16.5. The molecule has 0 bridgehead atoms. The summed E-state index contributed by atoms with van der Waals surface area (Å²) in [4.78, 5) is 32.0. The molecule has 1 aromatic carbocycles. The average Bonchev–Trinajstić information content (AvgIpc) is 3.28. The third kappa shape index (κ3) is 5.93. The monoisotopic (exact) mass is 503 g/mol. The van der Waals surface area contributed by atoms with Gasteiger partial charge in [-0.25, -0.2) is 0 Å². The van der Waals surface area contributed by atoms with Crippen molar-refractivity contribution >= 4 is 17.6 Å². The minimum atomic E-state index is -0.0259. The van der Waals surface area contributed by atoms with Crippen molar-refractivity contribution in [2.75, 3.05) is 44.7 Å². The zero-order valence-corrected chi connectivity index (χ0v) is 21.2. The number of carbonyl (C=O) groups is 2. The van der Waals surface area contributed by atoms with Crippen LogP contribution in [0.5, 0.6) is 5.75 Å². The maximum absolute atomic E-state index is 13.3. The molecule has 5 rings (SSSR count). The molecular formula is C28H33N5O4. The molecule has 0 N–H and O–H groups in total. The molecule has 1 aliphatic heterocycles. The Morgan fingerprint density at radius 1 is 1.00 bits per heavy atom. The van der Waals surface area contributed by atoms with Gasteiger partial charge in [0, 0.05) is 37.7 Å². The smallest absolute Gasteiger partial charge is 0.242 e. The quantitative estimate of drug-likeness (QED) is 0.464. The first-order chi connectivity index (χ1) is 18.1. The number of carbonyl (C=O) groups excluding carboxylic acids is 2. The second kappa shape index (κ2) is 11.5. The number of hydrogen-bond acceptors (Lipinski definition) is 7. The van der Waals surface area contributed by atoms with Crippen molar-refractivity contribution in [2.45, 2.75) is 32.2 Å². The SMILES string of the molecule is COc1ccc(-c2ccc(N3CCCN(C(=O)CN(Cc4ccco4)C(=O)C4CCC4)CC3)nn2)cc1. The summed E-state index contributed by atoms with van der Waals surface area (Å²) in [5, 5.41) is 8.88. The van der Waals surface area contributed by atoms with E-state index in [1.165, 1.54) is 0 Å². The van der Waals surface area contributed by atoms with Crippen LogP contribution in [0.15, 0.2) is 59.2 Å². The summed E-state index contributed by atoms with van der Waals surface area (Å²) < 4.78 is 10.7. The number of rotatable bonds is 8. The first-order valence-electron chi connectivity index (χ1n) is 12.9. The molecule has 9 heteroatoms. The number of anilines is 1. The third-order valence-corrected chi connectivity index (χ3v) is 7.23. The summed E-state index contributed by atoms with van der Waals surface area (Å²) in [5.41, 5.74) is 1.77. The van der Waals surface area contributed by atoms with Crippen molar-refractivity contribution < 1.29 is 18.7 Å². The van der Waals surface area contributed by atoms with Crippen LogP contribution < -0.4 is 9.64 Å². The minimum absolute atomic E-state index is 0.0259. The Kier molecular flexibility index (Phi) is 7.67. The summed E-state index contributed by atoms with van der Waals surface area (Å²) in [7, 11) is 1.64. The standard InChI is InChI=1S/C28H33N5O4/c1-36-23-10-8-21(9-11-23)25-12-13-26(30-29-25)31-14-4-15-32(17-16-31)27(34)20-33(19-24-7-3-18-37-24)28(35)22-5-2-6-22/h3,7-13,18,22H,2,4-6,14-17,19-20H2,1H3. The fourth-order valence-electron chi connectivity index (χ4n) is 4.78. The van der Waals surface area contributed by atoms with E-state index in [0.717, 1.165) is 55.1 Å². The van der Waals surface area contributed by atoms with Gasteiger partial charge in [0.15, 0.2) is 5.82 Å². The number of ether oxygens (including phenoxy) is 1. The Labute approximate surface area is 217 Å². The van der Waals surface area contributed by atoms with E-state index in [-0.39, 0.29) is 24.3 Å². The maximum Gasteiger partial charge on any atom is 0.242 e. The van der Waals surface area contributed by atoms with Crippen LogP contribution in [0.2, 0.25) is 0 Å². The van der Waals surface area contributed by atoms with Crippen molar-refractivity contribution in [2.24, 2.45) is 5.92 Å². The number of methoxy groups -OCH3 is 1. The highest BCUT2D eigenvalue weighted by molar-refractivity contribution is 5.86. The molecule has 3 aromatic rings. The zero-order valence-electron chi connectivity index (χ0n) is 21.2. The summed E-state index contributed by atoms with van der Waals surface area (Å²) >= 11 is 0. The van der Waals surface area contributed by atoms with Crippen LogP contribution in [0, 0.1) is 5.92 Å². The lowest BCUT2D eigenvalue weighted by Crippen LogP contribution is -2.46. The molecule has 1 saturated carbocycles. The van der Waals surface area contributed by atoms with Gasteiger partial charge in [-0.15, -0.1) is 10.2 Å². The predicted molar refractivity (Wildman–Crippen MR) is 139 cm³/mol. The second-order valence-corrected chi connectivity index (χ2v) is 9.63. The molecule has 3 heterocycles. The van der Waals surface area contributed by atoms with E-state index in [4.69, 9.17) is 9.15 Å². The molecule has 0 spiro atoms. The molecule has 1 aliphatic carbocycles. The van der Waals surface area contributed by atoms with E-state index in [9.17, 15) is 9.59 Å². The van der Waals surface area contributed by atoms with Crippen LogP contribution in [-0.2, 0) is 16.1 Å². The van der Waals surface area contributed by atoms with E-state index in [2.05, 4.69) is 15.1 Å². The highest BCUT2D eigenvalue weighted by Gasteiger charge is 2.32. The lowest BCUT2D eigenvalue weighted by molar-refractivity contribution is -0.145. The third-order valence-electron chi connectivity index (χ3n) is 7.23. The zero-order chi connectivity index (χ0) is 25.6. The molecule has 194 valence electrons. The van der Waals surface area contributed by atoms with Gasteiger partial charge < -0.3 is 23.9 Å². The van der Waals surface area contributed by atoms with Crippen LogP contribution in [0.1, 0.15) is 31.4 Å². The molecule has 1 saturated heterocycles. The number of benzene rings is 1. The van der Waals surface area contributed by atoms with E-state index >= 15 is 0 Å². The molecule has 2 fully saturated rings. The number of hydrogen-bond donors (Lipinski definition) is 0. The lowest BCUT2D eigenvalue weighted by atomic mass is 9.84. The predicted octanol–water partition coefficient (Wildman–Crippen LogP) is 3.61. The molecule has 0 atom stereocenters. The van der Waals surface area contributed by atoms with Crippen molar-refractivity contribution in [3.8, 4) is 17.0 Å². The minimum Gasteiger partial charge on any atom is -0.497 e. The number of nitrogens with zero attached hydrogens (tertiary/aromatic N) is 5. The Hall–Kier alpha value is -3.88. The molecule has 9 nitrogen and oxygen atoms in total. The van der Waals surface area contributed by atoms with Gasteiger partial charge in [-0.05, 0) is 67.8 Å². The Balaban J connectivity index is 1.19. The number of aromatic nitrogens is 2. The molecule has 37 heavy (non-hydrogen) atoms. The van der Waals surface area contributed by atoms with Gasteiger partial charge >= 0.3 is 0 Å². The lowest BCUT2D eigenvalue weighted by Gasteiger charge is -2.32. The van der Waals surface area contributed by atoms with Gasteiger partial charge in [0.25, 0.3) is 0 Å². The number of amides is 2. The van der Waals surface area contributed by atoms with Crippen LogP contribution in [0.4, 0.5) is 5.82 Å². The average molecular weight is 504 g/mol. The summed E-state index contributed by atoms with van der Waals surface area (Å²) in [6, 6.07) is 15.3. The number of furan rings is 1. The topological polar surface area (TPSA) is 92.0 Å². The highest BCUT2D eigenvalue weighted by Crippen LogP contribution is 2.29. The normalized spacial score (nSPS) is 16.1. The molecule has 2 amide bonds. The summed E-state index contributed by atoms with van der Waals surface area (Å²) in [6.07, 6.45) is 5.30. The van der Waals surface area contributed by atoms with E-state index < -0.39 is 0 Å². The fraction of sp³-hybridized carbons (Fsp3) is 0.429.